The third kappa shape index (κ3) is 2.75. The van der Waals surface area contributed by atoms with Crippen LogP contribution in [-0.4, -0.2) is 11.3 Å². The number of hydrogen-bond donors (Lipinski definition) is 1. The van der Waals surface area contributed by atoms with Gasteiger partial charge in [-0.15, -0.1) is 0 Å². The highest BCUT2D eigenvalue weighted by Crippen LogP contribution is 2.36. The van der Waals surface area contributed by atoms with Gasteiger partial charge in [-0.1, -0.05) is 11.6 Å². The third-order valence-corrected chi connectivity index (χ3v) is 1.80. The summed E-state index contributed by atoms with van der Waals surface area (Å²) in [5.74, 6) is -2.45. The molecule has 0 bridgehead atoms. The van der Waals surface area contributed by atoms with Crippen LogP contribution in [0.2, 0.25) is 5.02 Å². The highest BCUT2D eigenvalue weighted by Gasteiger charge is 2.32. The summed E-state index contributed by atoms with van der Waals surface area (Å²) >= 11 is 5.26. The largest absolute Gasteiger partial charge is 0.511 e. The molecule has 1 N–H and O–H groups in total. The van der Waals surface area contributed by atoms with Gasteiger partial charge in [0.05, 0.1) is 10.6 Å². The summed E-state index contributed by atoms with van der Waals surface area (Å²) in [6, 6.07) is 0.479. The molecular weight excluding hydrogens is 256 g/mol. The first-order valence-electron chi connectivity index (χ1n) is 3.69. The van der Waals surface area contributed by atoms with E-state index in [1.165, 1.54) is 0 Å². The van der Waals surface area contributed by atoms with Crippen LogP contribution in [0.1, 0.15) is 5.56 Å². The number of carbonyl (C=O) groups is 1. The fraction of sp³-hybridized carbons (Fsp3) is 0.125. The maximum Gasteiger partial charge on any atom is 0.511 e. The Morgan fingerprint density at radius 1 is 1.38 bits per heavy atom. The zero-order chi connectivity index (χ0) is 12.5. The van der Waals surface area contributed by atoms with Gasteiger partial charge in [-0.05, 0) is 12.1 Å². The Morgan fingerprint density at radius 2 is 1.94 bits per heavy atom. The molecule has 0 heterocycles. The van der Waals surface area contributed by atoms with Crippen LogP contribution in [0.4, 0.5) is 22.4 Å². The molecule has 0 aliphatic heterocycles. The number of alkyl halides is 3. The van der Waals surface area contributed by atoms with Gasteiger partial charge in [0.25, 0.3) is 0 Å². The number of benzene rings is 1. The highest BCUT2D eigenvalue weighted by molar-refractivity contribution is 6.32. The topological polar surface area (TPSA) is 46.5 Å². The van der Waals surface area contributed by atoms with E-state index in [-0.39, 0.29) is 6.07 Å². The summed E-state index contributed by atoms with van der Waals surface area (Å²) in [7, 11) is 0. The first-order chi connectivity index (χ1) is 7.21. The molecule has 0 saturated heterocycles. The fourth-order valence-electron chi connectivity index (χ4n) is 0.908. The van der Waals surface area contributed by atoms with Gasteiger partial charge in [0.2, 0.25) is 0 Å². The molecule has 1 rings (SSSR count). The molecule has 0 aromatic heterocycles. The van der Waals surface area contributed by atoms with Crippen molar-refractivity contribution in [3.8, 4) is 5.75 Å². The van der Waals surface area contributed by atoms with Crippen molar-refractivity contribution >= 4 is 17.8 Å². The summed E-state index contributed by atoms with van der Waals surface area (Å²) in [6.07, 6.45) is -6.65. The van der Waals surface area contributed by atoms with E-state index in [9.17, 15) is 22.4 Å². The van der Waals surface area contributed by atoms with Crippen molar-refractivity contribution in [2.24, 2.45) is 0 Å². The molecule has 0 radical (unpaired) electrons. The minimum atomic E-state index is -4.77. The van der Waals surface area contributed by atoms with Crippen LogP contribution in [-0.2, 0) is 6.18 Å². The second kappa shape index (κ2) is 4.17. The minimum absolute atomic E-state index is 0.101. The lowest BCUT2D eigenvalue weighted by Crippen LogP contribution is -2.09. The Kier molecular flexibility index (Phi) is 3.27. The van der Waals surface area contributed by atoms with Crippen LogP contribution < -0.4 is 4.74 Å². The van der Waals surface area contributed by atoms with Crippen molar-refractivity contribution in [3.05, 3.63) is 28.5 Å². The Labute approximate surface area is 91.2 Å². The lowest BCUT2D eigenvalue weighted by Gasteiger charge is -2.09. The first kappa shape index (κ1) is 12.6. The molecule has 0 atom stereocenters. The van der Waals surface area contributed by atoms with E-state index in [0.29, 0.717) is 6.07 Å². The van der Waals surface area contributed by atoms with Gasteiger partial charge in [-0.3, -0.25) is 0 Å². The van der Waals surface area contributed by atoms with Crippen molar-refractivity contribution < 1.29 is 32.2 Å². The van der Waals surface area contributed by atoms with Crippen LogP contribution in [0.25, 0.3) is 0 Å². The quantitative estimate of drug-likeness (QED) is 0.476. The van der Waals surface area contributed by atoms with Crippen LogP contribution in [0.15, 0.2) is 12.1 Å². The molecule has 0 amide bonds. The van der Waals surface area contributed by atoms with E-state index in [1.807, 2.05) is 0 Å². The zero-order valence-corrected chi connectivity index (χ0v) is 8.06. The van der Waals surface area contributed by atoms with E-state index in [4.69, 9.17) is 16.7 Å². The second-order valence-electron chi connectivity index (χ2n) is 2.63. The van der Waals surface area contributed by atoms with Gasteiger partial charge in [0.15, 0.2) is 11.6 Å². The van der Waals surface area contributed by atoms with Gasteiger partial charge in [0, 0.05) is 0 Å². The summed E-state index contributed by atoms with van der Waals surface area (Å²) in [6.45, 7) is 0. The third-order valence-electron chi connectivity index (χ3n) is 1.51. The van der Waals surface area contributed by atoms with Gasteiger partial charge in [-0.25, -0.2) is 9.18 Å². The van der Waals surface area contributed by atoms with Crippen LogP contribution in [0.5, 0.6) is 5.75 Å². The predicted octanol–water partition coefficient (Wildman–Crippen LogP) is 3.55. The number of hydrogen-bond acceptors (Lipinski definition) is 2. The number of ether oxygens (including phenoxy) is 1. The van der Waals surface area contributed by atoms with Crippen LogP contribution >= 0.6 is 11.6 Å². The smallest absolute Gasteiger partial charge is 0.449 e. The molecule has 1 aromatic carbocycles. The molecule has 8 heteroatoms. The van der Waals surface area contributed by atoms with E-state index < -0.39 is 34.5 Å². The normalized spacial score (nSPS) is 11.3. The molecule has 1 aromatic rings. The van der Waals surface area contributed by atoms with Gasteiger partial charge in [-0.2, -0.15) is 13.2 Å². The Bertz CT molecular complexity index is 407. The molecule has 16 heavy (non-hydrogen) atoms. The maximum atomic E-state index is 13.0. The van der Waals surface area contributed by atoms with E-state index in [0.717, 1.165) is 0 Å². The van der Waals surface area contributed by atoms with E-state index in [2.05, 4.69) is 4.74 Å². The SMILES string of the molecule is O=C(O)Oc1c(F)cc(C(F)(F)F)cc1Cl. The molecule has 0 fully saturated rings. The molecule has 0 aliphatic rings. The van der Waals surface area contributed by atoms with Crippen molar-refractivity contribution in [2.75, 3.05) is 0 Å². The Hall–Kier alpha value is -1.50. The standard InChI is InChI=1S/C8H3ClF4O3/c9-4-1-3(8(11,12)13)2-5(10)6(4)16-7(14)15/h1-2H,(H,14,15). The monoisotopic (exact) mass is 258 g/mol. The molecular formula is C8H3ClF4O3. The van der Waals surface area contributed by atoms with E-state index in [1.54, 1.807) is 0 Å². The average molecular weight is 259 g/mol. The zero-order valence-electron chi connectivity index (χ0n) is 7.31. The maximum absolute atomic E-state index is 13.0. The lowest BCUT2D eigenvalue weighted by molar-refractivity contribution is -0.137. The Balaban J connectivity index is 3.23. The molecule has 0 aliphatic carbocycles. The minimum Gasteiger partial charge on any atom is -0.449 e. The lowest BCUT2D eigenvalue weighted by atomic mass is 10.2. The van der Waals surface area contributed by atoms with Gasteiger partial charge < -0.3 is 9.84 Å². The first-order valence-corrected chi connectivity index (χ1v) is 4.06. The van der Waals surface area contributed by atoms with Crippen molar-refractivity contribution in [2.45, 2.75) is 6.18 Å². The van der Waals surface area contributed by atoms with Crippen LogP contribution in [0, 0.1) is 5.82 Å². The highest BCUT2D eigenvalue weighted by atomic mass is 35.5. The number of rotatable bonds is 1. The van der Waals surface area contributed by atoms with Gasteiger partial charge >= 0.3 is 12.3 Å². The van der Waals surface area contributed by atoms with Crippen LogP contribution in [0.3, 0.4) is 0 Å². The van der Waals surface area contributed by atoms with Gasteiger partial charge in [0.1, 0.15) is 0 Å². The molecule has 0 spiro atoms. The van der Waals surface area contributed by atoms with Crippen molar-refractivity contribution in [1.82, 2.24) is 0 Å². The van der Waals surface area contributed by atoms with E-state index >= 15 is 0 Å². The summed E-state index contributed by atoms with van der Waals surface area (Å²) < 4.78 is 53.4. The molecule has 88 valence electrons. The van der Waals surface area contributed by atoms with Crippen molar-refractivity contribution in [3.63, 3.8) is 0 Å². The number of halogens is 5. The average Bonchev–Trinajstić information content (AvgIpc) is 2.09. The summed E-state index contributed by atoms with van der Waals surface area (Å²) in [5, 5.41) is 7.41. The summed E-state index contributed by atoms with van der Waals surface area (Å²) in [5.41, 5.74) is -1.33. The summed E-state index contributed by atoms with van der Waals surface area (Å²) in [4.78, 5) is 10.1. The van der Waals surface area contributed by atoms with Crippen molar-refractivity contribution in [1.29, 1.82) is 0 Å². The molecule has 3 nitrogen and oxygen atoms in total. The Morgan fingerprint density at radius 3 is 2.31 bits per heavy atom. The fourth-order valence-corrected chi connectivity index (χ4v) is 1.15. The second-order valence-corrected chi connectivity index (χ2v) is 3.04. The molecule has 0 saturated carbocycles. The molecule has 0 unspecified atom stereocenters. The number of carboxylic acid groups (broad SMARTS) is 1. The predicted molar refractivity (Wildman–Crippen MR) is 45.1 cm³/mol.